The van der Waals surface area contributed by atoms with Crippen molar-refractivity contribution < 1.29 is 17.9 Å². The number of fused-ring (bicyclic) bond motifs is 3. The maximum Gasteiger partial charge on any atom is 0.421 e. The van der Waals surface area contributed by atoms with Gasteiger partial charge < -0.3 is 10.5 Å². The number of hydrogen-bond acceptors (Lipinski definition) is 3. The second kappa shape index (κ2) is 7.16. The Morgan fingerprint density at radius 2 is 1.55 bits per heavy atom. The Hall–Kier alpha value is -3.80. The Morgan fingerprint density at radius 1 is 0.839 bits per heavy atom. The van der Waals surface area contributed by atoms with Gasteiger partial charge in [-0.3, -0.25) is 0 Å². The molecule has 4 aromatic rings. The van der Waals surface area contributed by atoms with Crippen molar-refractivity contribution in [2.75, 3.05) is 5.73 Å². The molecule has 6 heteroatoms. The number of ether oxygens (including phenoxy) is 1. The molecule has 1 aliphatic rings. The zero-order chi connectivity index (χ0) is 21.6. The minimum atomic E-state index is -4.61. The number of halogens is 3. The number of pyridine rings is 1. The number of benzene rings is 3. The van der Waals surface area contributed by atoms with Gasteiger partial charge in [-0.1, -0.05) is 54.6 Å². The molecular weight excluding hydrogens is 401 g/mol. The summed E-state index contributed by atoms with van der Waals surface area (Å²) in [6, 6.07) is 22.3. The lowest BCUT2D eigenvalue weighted by molar-refractivity contribution is -0.138. The normalized spacial score (nSPS) is 12.4. The topological polar surface area (TPSA) is 48.1 Å². The minimum Gasteiger partial charge on any atom is -0.438 e. The van der Waals surface area contributed by atoms with Gasteiger partial charge in [-0.15, -0.1) is 0 Å². The lowest BCUT2D eigenvalue weighted by Gasteiger charge is -2.14. The van der Waals surface area contributed by atoms with Gasteiger partial charge in [0.15, 0.2) is 0 Å². The highest BCUT2D eigenvalue weighted by Gasteiger charge is 2.36. The summed E-state index contributed by atoms with van der Waals surface area (Å²) in [6.45, 7) is 0. The fraction of sp³-hybridized carbons (Fsp3) is 0.0800. The van der Waals surface area contributed by atoms with E-state index in [9.17, 15) is 13.2 Å². The Balaban J connectivity index is 1.46. The molecule has 5 rings (SSSR count). The highest BCUT2D eigenvalue weighted by Crippen LogP contribution is 2.42. The monoisotopic (exact) mass is 418 g/mol. The van der Waals surface area contributed by atoms with E-state index in [0.29, 0.717) is 0 Å². The predicted octanol–water partition coefficient (Wildman–Crippen LogP) is 6.71. The van der Waals surface area contributed by atoms with Gasteiger partial charge >= 0.3 is 6.18 Å². The Labute approximate surface area is 176 Å². The van der Waals surface area contributed by atoms with Crippen LogP contribution in [-0.4, -0.2) is 4.98 Å². The van der Waals surface area contributed by atoms with Crippen LogP contribution >= 0.6 is 0 Å². The van der Waals surface area contributed by atoms with Crippen LogP contribution in [0.15, 0.2) is 79.0 Å². The van der Waals surface area contributed by atoms with Crippen LogP contribution in [0.3, 0.4) is 0 Å². The molecule has 154 valence electrons. The maximum absolute atomic E-state index is 13.3. The van der Waals surface area contributed by atoms with Crippen molar-refractivity contribution in [2.24, 2.45) is 0 Å². The summed E-state index contributed by atoms with van der Waals surface area (Å²) >= 11 is 0. The van der Waals surface area contributed by atoms with E-state index in [1.807, 2.05) is 30.3 Å². The number of nitrogens with zero attached hydrogens (tertiary/aromatic N) is 1. The van der Waals surface area contributed by atoms with Gasteiger partial charge in [0.2, 0.25) is 5.88 Å². The smallest absolute Gasteiger partial charge is 0.421 e. The summed E-state index contributed by atoms with van der Waals surface area (Å²) in [5.41, 5.74) is 11.4. The number of aromatic nitrogens is 1. The Bertz CT molecular complexity index is 1280. The quantitative estimate of drug-likeness (QED) is 0.354. The molecule has 0 aliphatic heterocycles. The number of rotatable bonds is 3. The number of alkyl halides is 3. The SMILES string of the molecule is Nc1cnc(Oc2ccc(-c3cccc4c3Cc3ccccc3-4)cc2)c(C(F)(F)F)c1. The number of nitrogens with two attached hydrogens (primary N) is 1. The van der Waals surface area contributed by atoms with Crippen molar-refractivity contribution in [1.82, 2.24) is 4.98 Å². The Morgan fingerprint density at radius 3 is 2.32 bits per heavy atom. The highest BCUT2D eigenvalue weighted by atomic mass is 19.4. The summed E-state index contributed by atoms with van der Waals surface area (Å²) in [5.74, 6) is -0.257. The number of nitrogen functional groups attached to an aromatic ring is 1. The molecule has 1 heterocycles. The van der Waals surface area contributed by atoms with Gasteiger partial charge in [-0.05, 0) is 58.0 Å². The molecule has 0 spiro atoms. The zero-order valence-corrected chi connectivity index (χ0v) is 16.3. The molecule has 0 saturated heterocycles. The van der Waals surface area contributed by atoms with E-state index in [0.717, 1.165) is 29.8 Å². The van der Waals surface area contributed by atoms with Crippen LogP contribution in [0.5, 0.6) is 11.6 Å². The second-order valence-electron chi connectivity index (χ2n) is 7.41. The Kier molecular flexibility index (Phi) is 4.43. The first kappa shape index (κ1) is 19.2. The summed E-state index contributed by atoms with van der Waals surface area (Å²) in [4.78, 5) is 3.72. The van der Waals surface area contributed by atoms with E-state index in [4.69, 9.17) is 10.5 Å². The van der Waals surface area contributed by atoms with Crippen LogP contribution in [0.1, 0.15) is 16.7 Å². The first-order valence-electron chi connectivity index (χ1n) is 9.71. The van der Waals surface area contributed by atoms with Gasteiger partial charge in [0.05, 0.1) is 11.9 Å². The van der Waals surface area contributed by atoms with Gasteiger partial charge in [0.1, 0.15) is 11.3 Å². The van der Waals surface area contributed by atoms with Crippen LogP contribution < -0.4 is 10.5 Å². The van der Waals surface area contributed by atoms with Crippen molar-refractivity contribution in [1.29, 1.82) is 0 Å². The summed E-state index contributed by atoms with van der Waals surface area (Å²) in [5, 5.41) is 0. The molecule has 2 N–H and O–H groups in total. The molecule has 3 aromatic carbocycles. The molecule has 3 nitrogen and oxygen atoms in total. The van der Waals surface area contributed by atoms with Gasteiger partial charge in [-0.25, -0.2) is 4.98 Å². The van der Waals surface area contributed by atoms with E-state index in [1.165, 1.54) is 22.3 Å². The fourth-order valence-electron chi connectivity index (χ4n) is 3.99. The van der Waals surface area contributed by atoms with Gasteiger partial charge in [0.25, 0.3) is 0 Å². The molecule has 0 amide bonds. The highest BCUT2D eigenvalue weighted by molar-refractivity contribution is 5.84. The molecule has 0 fully saturated rings. The summed E-state index contributed by atoms with van der Waals surface area (Å²) in [7, 11) is 0. The number of anilines is 1. The van der Waals surface area contributed by atoms with Crippen LogP contribution in [0.25, 0.3) is 22.3 Å². The predicted molar refractivity (Wildman–Crippen MR) is 114 cm³/mol. The van der Waals surface area contributed by atoms with Crippen molar-refractivity contribution in [3.63, 3.8) is 0 Å². The van der Waals surface area contributed by atoms with E-state index in [2.05, 4.69) is 29.2 Å². The van der Waals surface area contributed by atoms with Crippen LogP contribution in [0.4, 0.5) is 18.9 Å². The third-order valence-electron chi connectivity index (χ3n) is 5.41. The van der Waals surface area contributed by atoms with Crippen molar-refractivity contribution in [3.8, 4) is 33.9 Å². The number of hydrogen-bond donors (Lipinski definition) is 1. The molecule has 0 radical (unpaired) electrons. The van der Waals surface area contributed by atoms with E-state index in [1.54, 1.807) is 12.1 Å². The molecule has 1 aliphatic carbocycles. The van der Waals surface area contributed by atoms with Crippen LogP contribution in [0.2, 0.25) is 0 Å². The molecule has 0 bridgehead atoms. The second-order valence-corrected chi connectivity index (χ2v) is 7.41. The van der Waals surface area contributed by atoms with E-state index >= 15 is 0 Å². The summed E-state index contributed by atoms with van der Waals surface area (Å²) in [6.07, 6.45) is -2.62. The zero-order valence-electron chi connectivity index (χ0n) is 16.3. The maximum atomic E-state index is 13.3. The average Bonchev–Trinajstić information content (AvgIpc) is 3.14. The fourth-order valence-corrected chi connectivity index (χ4v) is 3.99. The average molecular weight is 418 g/mol. The molecule has 0 atom stereocenters. The third-order valence-corrected chi connectivity index (χ3v) is 5.41. The molecule has 31 heavy (non-hydrogen) atoms. The van der Waals surface area contributed by atoms with Gasteiger partial charge in [-0.2, -0.15) is 13.2 Å². The standard InChI is InChI=1S/C25H17F3N2O/c26-25(27,28)23-13-17(29)14-30-24(23)31-18-10-8-15(9-11-18)19-6-3-7-21-20-5-2-1-4-16(20)12-22(19)21/h1-11,13-14H,12,29H2. The van der Waals surface area contributed by atoms with Crippen LogP contribution in [-0.2, 0) is 12.6 Å². The van der Waals surface area contributed by atoms with Crippen molar-refractivity contribution >= 4 is 5.69 Å². The summed E-state index contributed by atoms with van der Waals surface area (Å²) < 4.78 is 45.3. The largest absolute Gasteiger partial charge is 0.438 e. The molecule has 0 saturated carbocycles. The minimum absolute atomic E-state index is 0.0750. The first-order chi connectivity index (χ1) is 14.9. The molecule has 1 aromatic heterocycles. The lowest BCUT2D eigenvalue weighted by atomic mass is 9.96. The van der Waals surface area contributed by atoms with E-state index in [-0.39, 0.29) is 11.4 Å². The van der Waals surface area contributed by atoms with Crippen molar-refractivity contribution in [2.45, 2.75) is 12.6 Å². The molecular formula is C25H17F3N2O. The lowest BCUT2D eigenvalue weighted by Crippen LogP contribution is -2.09. The van der Waals surface area contributed by atoms with Gasteiger partial charge in [0, 0.05) is 0 Å². The van der Waals surface area contributed by atoms with E-state index < -0.39 is 17.6 Å². The molecule has 0 unspecified atom stereocenters. The van der Waals surface area contributed by atoms with Crippen molar-refractivity contribution in [3.05, 3.63) is 95.7 Å². The third kappa shape index (κ3) is 3.50. The first-order valence-corrected chi connectivity index (χ1v) is 9.71. The van der Waals surface area contributed by atoms with Crippen LogP contribution in [0, 0.1) is 0 Å².